The lowest BCUT2D eigenvalue weighted by Gasteiger charge is -2.22. The minimum absolute atomic E-state index is 0.331. The van der Waals surface area contributed by atoms with Gasteiger partial charge in [-0.15, -0.1) is 0 Å². The number of hydrogen-bond donors (Lipinski definition) is 1. The van der Waals surface area contributed by atoms with Gasteiger partial charge < -0.3 is 14.8 Å². The Balaban J connectivity index is 2.54. The third-order valence-corrected chi connectivity index (χ3v) is 3.27. The molecule has 1 aromatic carbocycles. The molecule has 1 N–H and O–H groups in total. The highest BCUT2D eigenvalue weighted by atomic mass is 19.1. The predicted molar refractivity (Wildman–Crippen MR) is 79.3 cm³/mol. The quantitative estimate of drug-likeness (QED) is 0.888. The monoisotopic (exact) mass is 290 g/mol. The van der Waals surface area contributed by atoms with Crippen LogP contribution in [0.15, 0.2) is 36.7 Å². The zero-order valence-corrected chi connectivity index (χ0v) is 12.4. The molecule has 0 saturated heterocycles. The van der Waals surface area contributed by atoms with E-state index < -0.39 is 0 Å². The van der Waals surface area contributed by atoms with Crippen molar-refractivity contribution >= 4 is 0 Å². The zero-order valence-electron chi connectivity index (χ0n) is 12.4. The largest absolute Gasteiger partial charge is 0.497 e. The lowest BCUT2D eigenvalue weighted by Crippen LogP contribution is -2.23. The van der Waals surface area contributed by atoms with Gasteiger partial charge in [0.2, 0.25) is 0 Å². The molecule has 0 aliphatic carbocycles. The van der Waals surface area contributed by atoms with Gasteiger partial charge in [0.25, 0.3) is 0 Å². The Bertz CT molecular complexity index is 605. The van der Waals surface area contributed by atoms with Gasteiger partial charge in [-0.3, -0.25) is 4.98 Å². The van der Waals surface area contributed by atoms with E-state index in [1.165, 1.54) is 6.20 Å². The molecule has 2 rings (SSSR count). The Kier molecular flexibility index (Phi) is 5.11. The summed E-state index contributed by atoms with van der Waals surface area (Å²) in [5, 5.41) is 3.28. The van der Waals surface area contributed by atoms with Crippen LogP contribution in [0, 0.1) is 5.82 Å². The molecule has 2 aromatic rings. The first-order valence-electron chi connectivity index (χ1n) is 6.76. The number of aromatic nitrogens is 1. The summed E-state index contributed by atoms with van der Waals surface area (Å²) in [6.45, 7) is 2.66. The molecule has 1 unspecified atom stereocenters. The van der Waals surface area contributed by atoms with E-state index in [4.69, 9.17) is 9.47 Å². The first-order valence-corrected chi connectivity index (χ1v) is 6.76. The lowest BCUT2D eigenvalue weighted by molar-refractivity contribution is 0.393. The Hall–Kier alpha value is -2.14. The number of nitrogens with zero attached hydrogens (tertiary/aromatic N) is 1. The van der Waals surface area contributed by atoms with Gasteiger partial charge in [0.1, 0.15) is 17.3 Å². The molecule has 5 heteroatoms. The van der Waals surface area contributed by atoms with E-state index in [2.05, 4.69) is 10.3 Å². The number of methoxy groups -OCH3 is 2. The highest BCUT2D eigenvalue weighted by molar-refractivity contribution is 5.46. The standard InChI is InChI=1S/C16H19FN2O2/c1-4-19-16(12-7-8-18-10-14(12)17)13-9-11(20-2)5-6-15(13)21-3/h5-10,16,19H,4H2,1-3H3. The number of ether oxygens (including phenoxy) is 2. The second-order valence-electron chi connectivity index (χ2n) is 4.50. The molecule has 0 aliphatic rings. The van der Waals surface area contributed by atoms with Crippen molar-refractivity contribution in [2.24, 2.45) is 0 Å². The van der Waals surface area contributed by atoms with Crippen LogP contribution in [0.5, 0.6) is 11.5 Å². The zero-order chi connectivity index (χ0) is 15.2. The Morgan fingerprint density at radius 2 is 2.00 bits per heavy atom. The van der Waals surface area contributed by atoms with Gasteiger partial charge in [0, 0.05) is 17.3 Å². The molecule has 0 radical (unpaired) electrons. The first-order chi connectivity index (χ1) is 10.2. The Morgan fingerprint density at radius 3 is 2.62 bits per heavy atom. The Labute approximate surface area is 123 Å². The van der Waals surface area contributed by atoms with Gasteiger partial charge in [-0.1, -0.05) is 6.92 Å². The number of hydrogen-bond acceptors (Lipinski definition) is 4. The van der Waals surface area contributed by atoms with E-state index in [0.29, 0.717) is 23.6 Å². The predicted octanol–water partition coefficient (Wildman–Crippen LogP) is 2.94. The van der Waals surface area contributed by atoms with Crippen molar-refractivity contribution in [3.63, 3.8) is 0 Å². The summed E-state index contributed by atoms with van der Waals surface area (Å²) in [6.07, 6.45) is 2.79. The second-order valence-corrected chi connectivity index (χ2v) is 4.50. The van der Waals surface area contributed by atoms with Gasteiger partial charge in [-0.25, -0.2) is 4.39 Å². The molecule has 0 spiro atoms. The van der Waals surface area contributed by atoms with Crippen molar-refractivity contribution in [3.05, 3.63) is 53.6 Å². The molecule has 21 heavy (non-hydrogen) atoms. The summed E-state index contributed by atoms with van der Waals surface area (Å²) in [6, 6.07) is 6.82. The topological polar surface area (TPSA) is 43.4 Å². The molecule has 112 valence electrons. The normalized spacial score (nSPS) is 12.0. The lowest BCUT2D eigenvalue weighted by atomic mass is 9.98. The minimum Gasteiger partial charge on any atom is -0.497 e. The number of pyridine rings is 1. The van der Waals surface area contributed by atoms with Crippen molar-refractivity contribution in [3.8, 4) is 11.5 Å². The smallest absolute Gasteiger partial charge is 0.146 e. The second kappa shape index (κ2) is 7.04. The van der Waals surface area contributed by atoms with Crippen LogP contribution in [0.2, 0.25) is 0 Å². The van der Waals surface area contributed by atoms with E-state index >= 15 is 0 Å². The van der Waals surface area contributed by atoms with Gasteiger partial charge >= 0.3 is 0 Å². The highest BCUT2D eigenvalue weighted by Crippen LogP contribution is 2.33. The van der Waals surface area contributed by atoms with E-state index in [1.54, 1.807) is 26.5 Å². The Morgan fingerprint density at radius 1 is 1.19 bits per heavy atom. The van der Waals surface area contributed by atoms with E-state index in [9.17, 15) is 4.39 Å². The van der Waals surface area contributed by atoms with Crippen molar-refractivity contribution < 1.29 is 13.9 Å². The number of halogens is 1. The fraction of sp³-hybridized carbons (Fsp3) is 0.312. The molecule has 4 nitrogen and oxygen atoms in total. The summed E-state index contributed by atoms with van der Waals surface area (Å²) < 4.78 is 24.8. The average Bonchev–Trinajstić information content (AvgIpc) is 2.53. The van der Waals surface area contributed by atoms with Crippen LogP contribution in [0.25, 0.3) is 0 Å². The molecule has 1 aromatic heterocycles. The van der Waals surface area contributed by atoms with Crippen LogP contribution >= 0.6 is 0 Å². The number of rotatable bonds is 6. The fourth-order valence-corrected chi connectivity index (χ4v) is 2.28. The van der Waals surface area contributed by atoms with Crippen molar-refractivity contribution in [1.29, 1.82) is 0 Å². The summed E-state index contributed by atoms with van der Waals surface area (Å²) in [5.41, 5.74) is 1.35. The van der Waals surface area contributed by atoms with Crippen LogP contribution in [0.4, 0.5) is 4.39 Å². The van der Waals surface area contributed by atoms with Crippen LogP contribution in [0.3, 0.4) is 0 Å². The summed E-state index contributed by atoms with van der Waals surface area (Å²) >= 11 is 0. The molecule has 0 aliphatic heterocycles. The number of nitrogens with one attached hydrogen (secondary N) is 1. The number of benzene rings is 1. The van der Waals surface area contributed by atoms with Crippen LogP contribution in [0.1, 0.15) is 24.1 Å². The van der Waals surface area contributed by atoms with Crippen LogP contribution in [-0.4, -0.2) is 25.7 Å². The first kappa shape index (κ1) is 15.3. The van der Waals surface area contributed by atoms with Crippen molar-refractivity contribution in [2.75, 3.05) is 20.8 Å². The minimum atomic E-state index is -0.353. The maximum Gasteiger partial charge on any atom is 0.146 e. The SMILES string of the molecule is CCNC(c1ccncc1F)c1cc(OC)ccc1OC. The molecule has 0 bridgehead atoms. The third kappa shape index (κ3) is 3.31. The van der Waals surface area contributed by atoms with Gasteiger partial charge in [0.15, 0.2) is 0 Å². The summed E-state index contributed by atoms with van der Waals surface area (Å²) in [4.78, 5) is 3.80. The maximum atomic E-state index is 14.1. The van der Waals surface area contributed by atoms with Gasteiger partial charge in [-0.2, -0.15) is 0 Å². The molecule has 0 amide bonds. The van der Waals surface area contributed by atoms with Gasteiger partial charge in [-0.05, 0) is 30.8 Å². The summed E-state index contributed by atoms with van der Waals surface area (Å²) in [5.74, 6) is 1.02. The van der Waals surface area contributed by atoms with Gasteiger partial charge in [0.05, 0.1) is 26.5 Å². The summed E-state index contributed by atoms with van der Waals surface area (Å²) in [7, 11) is 3.19. The molecule has 1 heterocycles. The highest BCUT2D eigenvalue weighted by Gasteiger charge is 2.21. The molecule has 0 fully saturated rings. The van der Waals surface area contributed by atoms with E-state index in [1.807, 2.05) is 25.1 Å². The van der Waals surface area contributed by atoms with Crippen LogP contribution < -0.4 is 14.8 Å². The average molecular weight is 290 g/mol. The van der Waals surface area contributed by atoms with E-state index in [-0.39, 0.29) is 11.9 Å². The molecule has 1 atom stereocenters. The molecular formula is C16H19FN2O2. The third-order valence-electron chi connectivity index (χ3n) is 3.27. The molecular weight excluding hydrogens is 271 g/mol. The van der Waals surface area contributed by atoms with Crippen molar-refractivity contribution in [2.45, 2.75) is 13.0 Å². The van der Waals surface area contributed by atoms with Crippen molar-refractivity contribution in [1.82, 2.24) is 10.3 Å². The maximum absolute atomic E-state index is 14.1. The van der Waals surface area contributed by atoms with E-state index in [0.717, 1.165) is 5.56 Å². The fourth-order valence-electron chi connectivity index (χ4n) is 2.28. The van der Waals surface area contributed by atoms with Crippen LogP contribution in [-0.2, 0) is 0 Å². The molecule has 0 saturated carbocycles.